The molecule has 4 nitrogen and oxygen atoms in total. The summed E-state index contributed by atoms with van der Waals surface area (Å²) in [5.74, 6) is -0.597. The topological polar surface area (TPSA) is 58.9 Å². The van der Waals surface area contributed by atoms with Gasteiger partial charge in [0.25, 0.3) is 0 Å². The van der Waals surface area contributed by atoms with Gasteiger partial charge in [-0.1, -0.05) is 41.4 Å². The quantitative estimate of drug-likeness (QED) is 0.448. The van der Waals surface area contributed by atoms with Crippen LogP contribution in [0, 0.1) is 13.8 Å². The molecule has 0 atom stereocenters. The minimum Gasteiger partial charge on any atom is -0.486 e. The number of hydrogen-bond donors (Lipinski definition) is 1. The molecule has 148 valence electrons. The van der Waals surface area contributed by atoms with Crippen LogP contribution in [-0.2, 0) is 6.61 Å². The summed E-state index contributed by atoms with van der Waals surface area (Å²) in [6, 6.07) is 15.9. The molecule has 0 bridgehead atoms. The molecule has 0 saturated carbocycles. The Bertz CT molecular complexity index is 1050. The van der Waals surface area contributed by atoms with E-state index in [4.69, 9.17) is 33.0 Å². The van der Waals surface area contributed by atoms with E-state index in [0.29, 0.717) is 15.8 Å². The van der Waals surface area contributed by atoms with E-state index >= 15 is 0 Å². The van der Waals surface area contributed by atoms with E-state index < -0.39 is 5.97 Å². The van der Waals surface area contributed by atoms with Gasteiger partial charge in [0.2, 0.25) is 0 Å². The van der Waals surface area contributed by atoms with Crippen LogP contribution in [0.1, 0.15) is 32.6 Å². The Kier molecular flexibility index (Phi) is 6.57. The van der Waals surface area contributed by atoms with Crippen molar-refractivity contribution in [3.8, 4) is 5.75 Å². The van der Waals surface area contributed by atoms with Crippen molar-refractivity contribution in [2.75, 3.05) is 0 Å². The standard InChI is InChI=1S/C23H19Cl2NO3/c1-14-3-8-19(9-15(14)2)26-12-17-10-20(24)22(21(25)11-17)29-13-16-4-6-18(7-5-16)23(27)28/h3-12H,13H2,1-2H3,(H,27,28). The van der Waals surface area contributed by atoms with Gasteiger partial charge in [0.1, 0.15) is 6.61 Å². The van der Waals surface area contributed by atoms with E-state index in [0.717, 1.165) is 16.8 Å². The third-order valence-electron chi connectivity index (χ3n) is 4.46. The fraction of sp³-hybridized carbons (Fsp3) is 0.130. The van der Waals surface area contributed by atoms with Crippen molar-refractivity contribution in [2.24, 2.45) is 4.99 Å². The number of benzene rings is 3. The van der Waals surface area contributed by atoms with Crippen LogP contribution in [0.15, 0.2) is 59.6 Å². The highest BCUT2D eigenvalue weighted by Gasteiger charge is 2.10. The number of carbonyl (C=O) groups is 1. The summed E-state index contributed by atoms with van der Waals surface area (Å²) in [4.78, 5) is 15.4. The van der Waals surface area contributed by atoms with Gasteiger partial charge in [0, 0.05) is 6.21 Å². The first kappa shape index (κ1) is 20.9. The van der Waals surface area contributed by atoms with Gasteiger partial charge >= 0.3 is 5.97 Å². The normalized spacial score (nSPS) is 11.0. The summed E-state index contributed by atoms with van der Waals surface area (Å²) in [6.45, 7) is 4.32. The Hall–Kier alpha value is -2.82. The molecule has 0 aliphatic carbocycles. The number of aryl methyl sites for hydroxylation is 2. The number of ether oxygens (including phenoxy) is 1. The highest BCUT2D eigenvalue weighted by Crippen LogP contribution is 2.34. The predicted molar refractivity (Wildman–Crippen MR) is 117 cm³/mol. The molecule has 29 heavy (non-hydrogen) atoms. The van der Waals surface area contributed by atoms with Crippen LogP contribution in [-0.4, -0.2) is 17.3 Å². The Morgan fingerprint density at radius 3 is 2.24 bits per heavy atom. The van der Waals surface area contributed by atoms with Crippen LogP contribution < -0.4 is 4.74 Å². The SMILES string of the molecule is Cc1ccc(N=Cc2cc(Cl)c(OCc3ccc(C(=O)O)cc3)c(Cl)c2)cc1C. The van der Waals surface area contributed by atoms with Crippen molar-refractivity contribution in [2.45, 2.75) is 20.5 Å². The van der Waals surface area contributed by atoms with Crippen molar-refractivity contribution in [3.05, 3.63) is 92.5 Å². The molecule has 0 aliphatic heterocycles. The van der Waals surface area contributed by atoms with Gasteiger partial charge in [-0.15, -0.1) is 0 Å². The lowest BCUT2D eigenvalue weighted by molar-refractivity contribution is 0.0697. The first-order valence-electron chi connectivity index (χ1n) is 8.89. The first-order valence-corrected chi connectivity index (χ1v) is 9.64. The fourth-order valence-corrected chi connectivity index (χ4v) is 3.26. The zero-order valence-electron chi connectivity index (χ0n) is 15.9. The number of carboxylic acids is 1. The molecule has 6 heteroatoms. The molecule has 0 aromatic heterocycles. The lowest BCUT2D eigenvalue weighted by atomic mass is 10.1. The molecule has 0 heterocycles. The zero-order chi connectivity index (χ0) is 21.0. The maximum absolute atomic E-state index is 10.9. The van der Waals surface area contributed by atoms with Crippen LogP contribution in [0.5, 0.6) is 5.75 Å². The van der Waals surface area contributed by atoms with Gasteiger partial charge < -0.3 is 9.84 Å². The Balaban J connectivity index is 1.72. The molecule has 0 fully saturated rings. The van der Waals surface area contributed by atoms with Gasteiger partial charge in [-0.25, -0.2) is 4.79 Å². The fourth-order valence-electron chi connectivity index (χ4n) is 2.65. The minimum absolute atomic E-state index is 0.218. The minimum atomic E-state index is -0.971. The lowest BCUT2D eigenvalue weighted by Gasteiger charge is -2.11. The van der Waals surface area contributed by atoms with Crippen molar-refractivity contribution < 1.29 is 14.6 Å². The van der Waals surface area contributed by atoms with Crippen LogP contribution in [0.2, 0.25) is 10.0 Å². The predicted octanol–water partition coefficient (Wildman–Crippen LogP) is 6.64. The Morgan fingerprint density at radius 2 is 1.66 bits per heavy atom. The van der Waals surface area contributed by atoms with Gasteiger partial charge in [0.05, 0.1) is 21.3 Å². The number of halogens is 2. The summed E-state index contributed by atoms with van der Waals surface area (Å²) in [7, 11) is 0. The molecule has 3 aromatic rings. The molecule has 1 N–H and O–H groups in total. The molecule has 0 radical (unpaired) electrons. The van der Waals surface area contributed by atoms with E-state index in [1.807, 2.05) is 25.1 Å². The third kappa shape index (κ3) is 5.37. The molecule has 0 saturated heterocycles. The summed E-state index contributed by atoms with van der Waals surface area (Å²) in [5, 5.41) is 9.70. The summed E-state index contributed by atoms with van der Waals surface area (Å²) >= 11 is 12.7. The number of rotatable bonds is 6. The molecule has 3 rings (SSSR count). The first-order chi connectivity index (χ1) is 13.8. The van der Waals surface area contributed by atoms with Crippen LogP contribution >= 0.6 is 23.2 Å². The third-order valence-corrected chi connectivity index (χ3v) is 5.02. The highest BCUT2D eigenvalue weighted by molar-refractivity contribution is 6.37. The maximum Gasteiger partial charge on any atom is 0.335 e. The van der Waals surface area contributed by atoms with E-state index in [1.165, 1.54) is 23.3 Å². The number of nitrogens with zero attached hydrogens (tertiary/aromatic N) is 1. The number of aliphatic imine (C=N–C) groups is 1. The van der Waals surface area contributed by atoms with Crippen molar-refractivity contribution in [3.63, 3.8) is 0 Å². The van der Waals surface area contributed by atoms with E-state index in [1.54, 1.807) is 30.5 Å². The van der Waals surface area contributed by atoms with Crippen molar-refractivity contribution >= 4 is 41.1 Å². The van der Waals surface area contributed by atoms with Crippen LogP contribution in [0.25, 0.3) is 0 Å². The second kappa shape index (κ2) is 9.12. The van der Waals surface area contributed by atoms with E-state index in [9.17, 15) is 4.79 Å². The molecule has 0 spiro atoms. The Labute approximate surface area is 179 Å². The van der Waals surface area contributed by atoms with E-state index in [2.05, 4.69) is 11.9 Å². The van der Waals surface area contributed by atoms with Gasteiger partial charge in [0.15, 0.2) is 5.75 Å². The van der Waals surface area contributed by atoms with Crippen LogP contribution in [0.4, 0.5) is 5.69 Å². The summed E-state index contributed by atoms with van der Waals surface area (Å²) in [6.07, 6.45) is 1.70. The molecule has 3 aromatic carbocycles. The molecule has 0 amide bonds. The number of hydrogen-bond acceptors (Lipinski definition) is 3. The Morgan fingerprint density at radius 1 is 1.00 bits per heavy atom. The number of carboxylic acid groups (broad SMARTS) is 1. The largest absolute Gasteiger partial charge is 0.486 e. The number of aromatic carboxylic acids is 1. The van der Waals surface area contributed by atoms with Crippen molar-refractivity contribution in [1.82, 2.24) is 0 Å². The molecular formula is C23H19Cl2NO3. The average molecular weight is 428 g/mol. The van der Waals surface area contributed by atoms with Crippen molar-refractivity contribution in [1.29, 1.82) is 0 Å². The van der Waals surface area contributed by atoms with Gasteiger partial charge in [-0.2, -0.15) is 0 Å². The second-order valence-corrected chi connectivity index (χ2v) is 7.45. The molecule has 0 unspecified atom stereocenters. The highest BCUT2D eigenvalue weighted by atomic mass is 35.5. The van der Waals surface area contributed by atoms with Crippen LogP contribution in [0.3, 0.4) is 0 Å². The van der Waals surface area contributed by atoms with Gasteiger partial charge in [-0.3, -0.25) is 4.99 Å². The van der Waals surface area contributed by atoms with Gasteiger partial charge in [-0.05, 0) is 72.5 Å². The summed E-state index contributed by atoms with van der Waals surface area (Å²) in [5.41, 5.74) is 5.03. The van der Waals surface area contributed by atoms with E-state index in [-0.39, 0.29) is 12.2 Å². The second-order valence-electron chi connectivity index (χ2n) is 6.63. The molecular weight excluding hydrogens is 409 g/mol. The average Bonchev–Trinajstić information content (AvgIpc) is 2.68. The summed E-state index contributed by atoms with van der Waals surface area (Å²) < 4.78 is 5.74. The monoisotopic (exact) mass is 427 g/mol. The zero-order valence-corrected chi connectivity index (χ0v) is 17.5. The molecule has 0 aliphatic rings. The maximum atomic E-state index is 10.9. The smallest absolute Gasteiger partial charge is 0.335 e. The lowest BCUT2D eigenvalue weighted by Crippen LogP contribution is -2.00.